The Morgan fingerprint density at radius 2 is 1.46 bits per heavy atom. The summed E-state index contributed by atoms with van der Waals surface area (Å²) in [5, 5.41) is 20.0. The number of amides is 2. The highest BCUT2D eigenvalue weighted by molar-refractivity contribution is 6.22. The Morgan fingerprint density at radius 1 is 0.820 bits per heavy atom. The Morgan fingerprint density at radius 3 is 2.14 bits per heavy atom. The van der Waals surface area contributed by atoms with Gasteiger partial charge in [-0.3, -0.25) is 24.6 Å². The molecule has 1 spiro atoms. The van der Waals surface area contributed by atoms with Gasteiger partial charge in [-0.25, -0.2) is 0 Å². The number of benzene rings is 5. The highest BCUT2D eigenvalue weighted by Gasteiger charge is 2.80. The van der Waals surface area contributed by atoms with Crippen LogP contribution in [-0.4, -0.2) is 35.0 Å². The molecule has 5 aromatic rings. The van der Waals surface area contributed by atoms with E-state index in [-0.39, 0.29) is 11.1 Å². The summed E-state index contributed by atoms with van der Waals surface area (Å²) >= 11 is 0. The molecule has 252 valence electrons. The van der Waals surface area contributed by atoms with Gasteiger partial charge in [0.05, 0.1) is 5.56 Å². The number of rotatable bonds is 7. The fraction of sp³-hybridized carbons (Fsp3) is 0.214. The average molecular weight is 666 g/mol. The number of fused-ring (bicyclic) bond motifs is 1. The molecular formula is C42H39N3O5. The summed E-state index contributed by atoms with van der Waals surface area (Å²) in [5.74, 6) is -1.75. The second kappa shape index (κ2) is 12.7. The lowest BCUT2D eigenvalue weighted by atomic mass is 9.60. The normalized spacial score (nSPS) is 23.3. The van der Waals surface area contributed by atoms with Crippen LogP contribution in [0, 0.1) is 26.2 Å². The molecule has 0 bridgehead atoms. The van der Waals surface area contributed by atoms with E-state index in [4.69, 9.17) is 4.74 Å². The number of aliphatic hydroxyl groups is 1. The number of anilines is 2. The van der Waals surface area contributed by atoms with Gasteiger partial charge < -0.3 is 15.2 Å². The van der Waals surface area contributed by atoms with Crippen molar-refractivity contribution in [2.24, 2.45) is 5.41 Å². The van der Waals surface area contributed by atoms with E-state index < -0.39 is 46.9 Å². The first-order valence-corrected chi connectivity index (χ1v) is 16.8. The van der Waals surface area contributed by atoms with Crippen LogP contribution in [0.5, 0.6) is 5.75 Å². The molecule has 7 rings (SSSR count). The maximum Gasteiger partial charge on any atom is 0.265 e. The lowest BCUT2D eigenvalue weighted by Crippen LogP contribution is -2.70. The maximum absolute atomic E-state index is 15.7. The standard InChI is InChI=1S/C42H39N3O5/c1-26-23-24-35-33(25-26)37(46)41(39(50-35)43-29(4)30-16-8-5-9-17-30)36(38(47)44-34-22-14-15-27(2)28(34)3)45(32-20-12-7-13-21-32)40(48)42(41,49)31-18-10-6-11-19-31/h5-25,29,36,39,43,49H,1-4H3,(H,44,47)/t29-,36+,39-,41-,42+/m0/s1. The van der Waals surface area contributed by atoms with Crippen molar-refractivity contribution >= 4 is 29.0 Å². The Hall–Kier alpha value is -5.57. The van der Waals surface area contributed by atoms with Gasteiger partial charge in [0.2, 0.25) is 5.91 Å². The monoisotopic (exact) mass is 665 g/mol. The summed E-state index contributed by atoms with van der Waals surface area (Å²) in [5.41, 5.74) is -0.126. The molecule has 5 atom stereocenters. The summed E-state index contributed by atoms with van der Waals surface area (Å²) in [6.07, 6.45) is -1.36. The summed E-state index contributed by atoms with van der Waals surface area (Å²) in [7, 11) is 0. The lowest BCUT2D eigenvalue weighted by Gasteiger charge is -2.49. The summed E-state index contributed by atoms with van der Waals surface area (Å²) < 4.78 is 6.76. The topological polar surface area (TPSA) is 108 Å². The van der Waals surface area contributed by atoms with Gasteiger partial charge in [-0.15, -0.1) is 0 Å². The van der Waals surface area contributed by atoms with Crippen LogP contribution >= 0.6 is 0 Å². The lowest BCUT2D eigenvalue weighted by molar-refractivity contribution is -0.156. The summed E-state index contributed by atoms with van der Waals surface area (Å²) in [4.78, 5) is 47.4. The van der Waals surface area contributed by atoms with E-state index in [1.54, 1.807) is 78.9 Å². The van der Waals surface area contributed by atoms with Crippen molar-refractivity contribution in [2.45, 2.75) is 51.6 Å². The van der Waals surface area contributed by atoms with E-state index in [2.05, 4.69) is 10.6 Å². The quantitative estimate of drug-likeness (QED) is 0.177. The van der Waals surface area contributed by atoms with Crippen LogP contribution in [0.15, 0.2) is 127 Å². The molecule has 8 nitrogen and oxygen atoms in total. The molecule has 2 heterocycles. The zero-order valence-electron chi connectivity index (χ0n) is 28.4. The molecule has 2 amide bonds. The van der Waals surface area contributed by atoms with Gasteiger partial charge in [0.15, 0.2) is 23.0 Å². The molecule has 50 heavy (non-hydrogen) atoms. The molecule has 2 aliphatic rings. The van der Waals surface area contributed by atoms with Crippen molar-refractivity contribution in [3.05, 3.63) is 161 Å². The third-order valence-corrected chi connectivity index (χ3v) is 10.3. The molecule has 1 fully saturated rings. The number of hydrogen-bond acceptors (Lipinski definition) is 6. The Balaban J connectivity index is 1.55. The number of ketones is 1. The maximum atomic E-state index is 15.7. The van der Waals surface area contributed by atoms with Crippen LogP contribution < -0.4 is 20.3 Å². The molecule has 0 aliphatic carbocycles. The van der Waals surface area contributed by atoms with Crippen molar-refractivity contribution in [1.29, 1.82) is 0 Å². The molecule has 2 aliphatic heterocycles. The molecule has 0 radical (unpaired) electrons. The number of Topliss-reactive ketones (excluding diaryl/α,β-unsaturated/α-hetero) is 1. The number of para-hydroxylation sites is 1. The van der Waals surface area contributed by atoms with Crippen LogP contribution in [0.3, 0.4) is 0 Å². The molecule has 3 N–H and O–H groups in total. The van der Waals surface area contributed by atoms with Crippen molar-refractivity contribution in [3.8, 4) is 5.75 Å². The van der Waals surface area contributed by atoms with E-state index in [9.17, 15) is 5.11 Å². The first-order chi connectivity index (χ1) is 24.1. The zero-order valence-corrected chi connectivity index (χ0v) is 28.4. The molecule has 0 aromatic heterocycles. The van der Waals surface area contributed by atoms with E-state index in [1.165, 1.54) is 4.90 Å². The van der Waals surface area contributed by atoms with Crippen LogP contribution in [0.4, 0.5) is 11.4 Å². The van der Waals surface area contributed by atoms with Gasteiger partial charge in [-0.2, -0.15) is 0 Å². The number of nitrogens with one attached hydrogen (secondary N) is 2. The molecule has 1 saturated heterocycles. The Bertz CT molecular complexity index is 2090. The van der Waals surface area contributed by atoms with Crippen LogP contribution in [0.25, 0.3) is 0 Å². The first-order valence-electron chi connectivity index (χ1n) is 16.8. The van der Waals surface area contributed by atoms with E-state index in [0.29, 0.717) is 17.1 Å². The molecule has 0 saturated carbocycles. The molecule has 0 unspecified atom stereocenters. The van der Waals surface area contributed by atoms with Gasteiger partial charge in [0.25, 0.3) is 5.91 Å². The van der Waals surface area contributed by atoms with Crippen LogP contribution in [0.1, 0.15) is 51.1 Å². The number of nitrogens with zero attached hydrogens (tertiary/aromatic N) is 1. The predicted octanol–water partition coefficient (Wildman–Crippen LogP) is 6.79. The largest absolute Gasteiger partial charge is 0.473 e. The first kappa shape index (κ1) is 33.0. The Labute approximate surface area is 291 Å². The van der Waals surface area contributed by atoms with Crippen molar-refractivity contribution < 1.29 is 24.2 Å². The molecular weight excluding hydrogens is 626 g/mol. The second-order valence-electron chi connectivity index (χ2n) is 13.2. The van der Waals surface area contributed by atoms with Crippen LogP contribution in [0.2, 0.25) is 0 Å². The van der Waals surface area contributed by atoms with Gasteiger partial charge >= 0.3 is 0 Å². The van der Waals surface area contributed by atoms with Gasteiger partial charge in [-0.1, -0.05) is 103 Å². The second-order valence-corrected chi connectivity index (χ2v) is 13.2. The number of ether oxygens (including phenoxy) is 1. The van der Waals surface area contributed by atoms with Gasteiger partial charge in [-0.05, 0) is 80.3 Å². The summed E-state index contributed by atoms with van der Waals surface area (Å²) in [6, 6.07) is 35.5. The van der Waals surface area contributed by atoms with Gasteiger partial charge in [0, 0.05) is 17.4 Å². The minimum atomic E-state index is -2.57. The number of carbonyl (C=O) groups is 3. The van der Waals surface area contributed by atoms with E-state index in [1.807, 2.05) is 76.2 Å². The highest BCUT2D eigenvalue weighted by Crippen LogP contribution is 2.59. The minimum Gasteiger partial charge on any atom is -0.473 e. The number of hydrogen-bond donors (Lipinski definition) is 3. The zero-order chi connectivity index (χ0) is 35.2. The van der Waals surface area contributed by atoms with Crippen molar-refractivity contribution in [2.75, 3.05) is 10.2 Å². The highest BCUT2D eigenvalue weighted by atomic mass is 16.5. The van der Waals surface area contributed by atoms with E-state index in [0.717, 1.165) is 22.3 Å². The third-order valence-electron chi connectivity index (χ3n) is 10.3. The fourth-order valence-corrected chi connectivity index (χ4v) is 7.52. The van der Waals surface area contributed by atoms with Crippen LogP contribution in [-0.2, 0) is 15.2 Å². The molecule has 8 heteroatoms. The summed E-state index contributed by atoms with van der Waals surface area (Å²) in [6.45, 7) is 7.61. The third kappa shape index (κ3) is 5.02. The average Bonchev–Trinajstić information content (AvgIpc) is 3.35. The number of carbonyl (C=O) groups excluding carboxylic acids is 3. The van der Waals surface area contributed by atoms with Gasteiger partial charge in [0.1, 0.15) is 11.8 Å². The smallest absolute Gasteiger partial charge is 0.265 e. The molecule has 5 aromatic carbocycles. The Kier molecular flexibility index (Phi) is 8.38. The predicted molar refractivity (Wildman–Crippen MR) is 193 cm³/mol. The minimum absolute atomic E-state index is 0.167. The van der Waals surface area contributed by atoms with E-state index >= 15 is 14.4 Å². The SMILES string of the molecule is Cc1ccc2c(c1)C(=O)[C@]1([C@@H](N[C@@H](C)c3ccccc3)O2)[C@@H](C(=O)Nc2cccc(C)c2C)N(c2ccccc2)C(=O)[C@]1(O)c1ccccc1. The fourth-order valence-electron chi connectivity index (χ4n) is 7.52. The van der Waals surface area contributed by atoms with Crippen molar-refractivity contribution in [3.63, 3.8) is 0 Å². The number of aryl methyl sites for hydroxylation is 2. The van der Waals surface area contributed by atoms with Crippen molar-refractivity contribution in [1.82, 2.24) is 5.32 Å².